The van der Waals surface area contributed by atoms with E-state index >= 15 is 0 Å². The Bertz CT molecular complexity index is 584. The topological polar surface area (TPSA) is 31.2 Å². The Labute approximate surface area is 113 Å². The van der Waals surface area contributed by atoms with Crippen LogP contribution < -0.4 is 4.74 Å². The van der Waals surface area contributed by atoms with Crippen molar-refractivity contribution in [2.24, 2.45) is 0 Å². The smallest absolute Gasteiger partial charge is 0.178 e. The molecule has 0 saturated carbocycles. The lowest BCUT2D eigenvalue weighted by Gasteiger charge is -2.02. The van der Waals surface area contributed by atoms with Crippen LogP contribution in [0.15, 0.2) is 36.5 Å². The zero-order valence-corrected chi connectivity index (χ0v) is 11.6. The van der Waals surface area contributed by atoms with Crippen LogP contribution in [0.5, 0.6) is 5.75 Å². The van der Waals surface area contributed by atoms with Crippen molar-refractivity contribution in [3.63, 3.8) is 0 Å². The molecule has 0 N–H and O–H groups in total. The average molecular weight is 257 g/mol. The van der Waals surface area contributed by atoms with Crippen molar-refractivity contribution in [2.75, 3.05) is 7.11 Å². The molecule has 3 heteroatoms. The maximum absolute atomic E-state index is 11.9. The first-order valence-electron chi connectivity index (χ1n) is 6.57. The number of benzene rings is 1. The minimum atomic E-state index is 0.177. The summed E-state index contributed by atoms with van der Waals surface area (Å²) in [7, 11) is 1.66. The van der Waals surface area contributed by atoms with Gasteiger partial charge < -0.3 is 9.30 Å². The van der Waals surface area contributed by atoms with Gasteiger partial charge in [0.25, 0.3) is 0 Å². The zero-order chi connectivity index (χ0) is 13.8. The third-order valence-electron chi connectivity index (χ3n) is 3.25. The fourth-order valence-electron chi connectivity index (χ4n) is 2.15. The predicted octanol–water partition coefficient (Wildman–Crippen LogP) is 3.78. The van der Waals surface area contributed by atoms with E-state index in [1.54, 1.807) is 7.11 Å². The highest BCUT2D eigenvalue weighted by Crippen LogP contribution is 2.26. The Kier molecular flexibility index (Phi) is 4.05. The van der Waals surface area contributed by atoms with E-state index in [4.69, 9.17) is 4.74 Å². The maximum Gasteiger partial charge on any atom is 0.178 e. The van der Waals surface area contributed by atoms with Gasteiger partial charge in [0.2, 0.25) is 0 Å². The second-order valence-electron chi connectivity index (χ2n) is 4.41. The second kappa shape index (κ2) is 5.74. The van der Waals surface area contributed by atoms with Gasteiger partial charge in [-0.2, -0.15) is 0 Å². The van der Waals surface area contributed by atoms with Gasteiger partial charge in [0.1, 0.15) is 5.75 Å². The highest BCUT2D eigenvalue weighted by Gasteiger charge is 2.12. The van der Waals surface area contributed by atoms with E-state index in [-0.39, 0.29) is 5.78 Å². The molecule has 2 aromatic rings. The summed E-state index contributed by atoms with van der Waals surface area (Å²) >= 11 is 0. The maximum atomic E-state index is 11.9. The van der Waals surface area contributed by atoms with E-state index in [0.29, 0.717) is 6.42 Å². The van der Waals surface area contributed by atoms with Gasteiger partial charge in [0.05, 0.1) is 12.8 Å². The number of aryl methyl sites for hydroxylation is 1. The average Bonchev–Trinajstić information content (AvgIpc) is 2.90. The molecule has 0 fully saturated rings. The molecule has 0 bridgehead atoms. The molecule has 100 valence electrons. The first kappa shape index (κ1) is 13.4. The predicted molar refractivity (Wildman–Crippen MR) is 76.7 cm³/mol. The van der Waals surface area contributed by atoms with Gasteiger partial charge in [-0.15, -0.1) is 0 Å². The number of Topliss-reactive ketones (excluding diaryl/α,β-unsaturated/α-hetero) is 1. The normalized spacial score (nSPS) is 10.5. The summed E-state index contributed by atoms with van der Waals surface area (Å²) in [5.41, 5.74) is 2.90. The Morgan fingerprint density at radius 2 is 2.00 bits per heavy atom. The number of carbonyl (C=O) groups is 1. The van der Waals surface area contributed by atoms with E-state index in [1.165, 1.54) is 0 Å². The van der Waals surface area contributed by atoms with Crippen molar-refractivity contribution in [2.45, 2.75) is 26.8 Å². The first-order valence-corrected chi connectivity index (χ1v) is 6.57. The number of methoxy groups -OCH3 is 1. The molecule has 1 aromatic carbocycles. The SMILES string of the molecule is CCC(=O)c1cc(-c2cccc(OC)c2)cn1CC. The fourth-order valence-corrected chi connectivity index (χ4v) is 2.15. The molecule has 1 aromatic heterocycles. The third kappa shape index (κ3) is 2.70. The largest absolute Gasteiger partial charge is 0.497 e. The minimum Gasteiger partial charge on any atom is -0.497 e. The van der Waals surface area contributed by atoms with Crippen molar-refractivity contribution < 1.29 is 9.53 Å². The van der Waals surface area contributed by atoms with Gasteiger partial charge in [-0.25, -0.2) is 0 Å². The quantitative estimate of drug-likeness (QED) is 0.763. The summed E-state index contributed by atoms with van der Waals surface area (Å²) in [6, 6.07) is 9.84. The number of hydrogen-bond acceptors (Lipinski definition) is 2. The van der Waals surface area contributed by atoms with Gasteiger partial charge in [-0.3, -0.25) is 4.79 Å². The van der Waals surface area contributed by atoms with E-state index in [1.807, 2.05) is 54.9 Å². The van der Waals surface area contributed by atoms with Crippen LogP contribution in [-0.2, 0) is 6.54 Å². The Hall–Kier alpha value is -2.03. The molecule has 0 saturated heterocycles. The number of carbonyl (C=O) groups excluding carboxylic acids is 1. The Morgan fingerprint density at radius 1 is 1.21 bits per heavy atom. The molecule has 0 aliphatic rings. The Morgan fingerprint density at radius 3 is 2.63 bits per heavy atom. The second-order valence-corrected chi connectivity index (χ2v) is 4.41. The molecule has 0 amide bonds. The molecule has 0 atom stereocenters. The summed E-state index contributed by atoms with van der Waals surface area (Å²) in [5, 5.41) is 0. The van der Waals surface area contributed by atoms with Crippen molar-refractivity contribution >= 4 is 5.78 Å². The highest BCUT2D eigenvalue weighted by atomic mass is 16.5. The molecule has 0 aliphatic heterocycles. The van der Waals surface area contributed by atoms with E-state index < -0.39 is 0 Å². The van der Waals surface area contributed by atoms with Gasteiger partial charge in [-0.1, -0.05) is 19.1 Å². The summed E-state index contributed by atoms with van der Waals surface area (Å²) in [5.74, 6) is 1.00. The summed E-state index contributed by atoms with van der Waals surface area (Å²) < 4.78 is 7.24. The molecular weight excluding hydrogens is 238 g/mol. The van der Waals surface area contributed by atoms with Gasteiger partial charge in [0.15, 0.2) is 5.78 Å². The number of nitrogens with zero attached hydrogens (tertiary/aromatic N) is 1. The lowest BCUT2D eigenvalue weighted by Crippen LogP contribution is -2.05. The van der Waals surface area contributed by atoms with Crippen molar-refractivity contribution in [1.82, 2.24) is 4.57 Å². The van der Waals surface area contributed by atoms with Gasteiger partial charge in [-0.05, 0) is 30.7 Å². The number of aromatic nitrogens is 1. The summed E-state index contributed by atoms with van der Waals surface area (Å²) in [4.78, 5) is 11.9. The first-order chi connectivity index (χ1) is 9.19. The van der Waals surface area contributed by atoms with Crippen LogP contribution in [0.25, 0.3) is 11.1 Å². The molecule has 0 unspecified atom stereocenters. The van der Waals surface area contributed by atoms with E-state index in [9.17, 15) is 4.79 Å². The standard InChI is InChI=1S/C16H19NO2/c1-4-16(18)15-10-13(11-17(15)5-2)12-7-6-8-14(9-12)19-3/h6-11H,4-5H2,1-3H3. The van der Waals surface area contributed by atoms with Gasteiger partial charge >= 0.3 is 0 Å². The van der Waals surface area contributed by atoms with Crippen LogP contribution in [0.2, 0.25) is 0 Å². The van der Waals surface area contributed by atoms with Crippen molar-refractivity contribution in [1.29, 1.82) is 0 Å². The lowest BCUT2D eigenvalue weighted by molar-refractivity contribution is 0.0979. The van der Waals surface area contributed by atoms with Crippen LogP contribution in [0.3, 0.4) is 0 Å². The monoisotopic (exact) mass is 257 g/mol. The van der Waals surface area contributed by atoms with E-state index in [0.717, 1.165) is 29.1 Å². The molecule has 1 heterocycles. The third-order valence-corrected chi connectivity index (χ3v) is 3.25. The summed E-state index contributed by atoms with van der Waals surface area (Å²) in [6.45, 7) is 4.73. The molecule has 3 nitrogen and oxygen atoms in total. The fraction of sp³-hybridized carbons (Fsp3) is 0.312. The highest BCUT2D eigenvalue weighted by molar-refractivity contribution is 5.96. The zero-order valence-electron chi connectivity index (χ0n) is 11.6. The van der Waals surface area contributed by atoms with Crippen molar-refractivity contribution in [3.05, 3.63) is 42.2 Å². The number of ether oxygens (including phenoxy) is 1. The van der Waals surface area contributed by atoms with Crippen LogP contribution in [-0.4, -0.2) is 17.5 Å². The molecule has 0 radical (unpaired) electrons. The lowest BCUT2D eigenvalue weighted by atomic mass is 10.1. The number of hydrogen-bond donors (Lipinski definition) is 0. The van der Waals surface area contributed by atoms with Crippen LogP contribution in [0.1, 0.15) is 30.8 Å². The van der Waals surface area contributed by atoms with E-state index in [2.05, 4.69) is 0 Å². The number of ketones is 1. The van der Waals surface area contributed by atoms with Crippen LogP contribution in [0.4, 0.5) is 0 Å². The molecule has 19 heavy (non-hydrogen) atoms. The van der Waals surface area contributed by atoms with Crippen molar-refractivity contribution in [3.8, 4) is 16.9 Å². The molecule has 2 rings (SSSR count). The minimum absolute atomic E-state index is 0.177. The number of rotatable bonds is 5. The molecule has 0 aliphatic carbocycles. The Balaban J connectivity index is 2.45. The summed E-state index contributed by atoms with van der Waals surface area (Å²) in [6.07, 6.45) is 2.55. The van der Waals surface area contributed by atoms with Crippen LogP contribution in [0, 0.1) is 0 Å². The molecule has 0 spiro atoms. The molecular formula is C16H19NO2. The van der Waals surface area contributed by atoms with Crippen LogP contribution >= 0.6 is 0 Å². The van der Waals surface area contributed by atoms with Gasteiger partial charge in [0, 0.05) is 24.7 Å².